The van der Waals surface area contributed by atoms with E-state index in [4.69, 9.17) is 5.73 Å². The molecule has 2 unspecified atom stereocenters. The highest BCUT2D eigenvalue weighted by Gasteiger charge is 2.49. The Morgan fingerprint density at radius 1 is 1.12 bits per heavy atom. The number of carbonyl (C=O) groups is 2. The van der Waals surface area contributed by atoms with Gasteiger partial charge in [-0.25, -0.2) is 4.39 Å². The summed E-state index contributed by atoms with van der Waals surface area (Å²) in [5.74, 6) is -0.999. The fourth-order valence-electron chi connectivity index (χ4n) is 6.78. The number of nitrogens with two attached hydrogens (primary N) is 1. The van der Waals surface area contributed by atoms with E-state index in [1.54, 1.807) is 0 Å². The first-order valence-corrected chi connectivity index (χ1v) is 12.8. The molecular formula is C27H36FN3O3. The lowest BCUT2D eigenvalue weighted by Crippen LogP contribution is -2.37. The molecule has 4 N–H and O–H groups in total. The largest absolute Gasteiger partial charge is 0.393 e. The number of nitrogens with zero attached hydrogens (tertiary/aromatic N) is 1. The standard InChI is InChI=1S/C27H36FN3O3/c1-27(2)13-22-24(23(33)14-27)18-5-3-4-6-21(18)31(22)16-11-19(28)25(26(29)34)20(12-16)30-15-7-9-17(32)10-8-15/h11-12,15,17-18,21,30,32H,3-10,13-14H2,1-2H3,(H2,29,34). The third-order valence-electron chi connectivity index (χ3n) is 8.28. The zero-order chi connectivity index (χ0) is 24.2. The van der Waals surface area contributed by atoms with Crippen molar-refractivity contribution in [3.63, 3.8) is 0 Å². The predicted octanol–water partition coefficient (Wildman–Crippen LogP) is 4.66. The van der Waals surface area contributed by atoms with Crippen LogP contribution in [0.3, 0.4) is 0 Å². The molecule has 4 aliphatic rings. The Kier molecular flexibility index (Phi) is 5.95. The quantitative estimate of drug-likeness (QED) is 0.596. The summed E-state index contributed by atoms with van der Waals surface area (Å²) in [6.07, 6.45) is 8.03. The van der Waals surface area contributed by atoms with Crippen LogP contribution in [0, 0.1) is 17.2 Å². The first-order chi connectivity index (χ1) is 16.1. The number of aliphatic hydroxyl groups is 1. The lowest BCUT2D eigenvalue weighted by Gasteiger charge is -2.37. The van der Waals surface area contributed by atoms with Gasteiger partial charge >= 0.3 is 0 Å². The number of ketones is 1. The molecule has 1 heterocycles. The Hall–Kier alpha value is -2.41. The van der Waals surface area contributed by atoms with Gasteiger partial charge in [-0.2, -0.15) is 0 Å². The molecule has 7 heteroatoms. The van der Waals surface area contributed by atoms with Gasteiger partial charge in [0.25, 0.3) is 5.91 Å². The molecule has 3 aliphatic carbocycles. The summed E-state index contributed by atoms with van der Waals surface area (Å²) in [6, 6.07) is 3.46. The van der Waals surface area contributed by atoms with Crippen molar-refractivity contribution in [2.24, 2.45) is 17.1 Å². The Labute approximate surface area is 200 Å². The van der Waals surface area contributed by atoms with Crippen LogP contribution in [0.5, 0.6) is 0 Å². The van der Waals surface area contributed by atoms with Crippen LogP contribution in [0.1, 0.15) is 88.4 Å². The van der Waals surface area contributed by atoms with E-state index in [0.29, 0.717) is 30.6 Å². The van der Waals surface area contributed by atoms with Gasteiger partial charge in [0.1, 0.15) is 5.82 Å². The molecule has 0 saturated heterocycles. The number of fused-ring (bicyclic) bond motifs is 2. The molecule has 5 rings (SSSR count). The third kappa shape index (κ3) is 4.12. The van der Waals surface area contributed by atoms with Crippen LogP contribution in [-0.4, -0.2) is 35.0 Å². The number of rotatable bonds is 4. The molecule has 1 amide bonds. The summed E-state index contributed by atoms with van der Waals surface area (Å²) in [4.78, 5) is 27.6. The number of anilines is 2. The highest BCUT2D eigenvalue weighted by Crippen LogP contribution is 2.52. The molecule has 184 valence electrons. The van der Waals surface area contributed by atoms with Gasteiger partial charge in [0, 0.05) is 41.4 Å². The summed E-state index contributed by atoms with van der Waals surface area (Å²) in [5.41, 5.74) is 8.42. The second-order valence-corrected chi connectivity index (χ2v) is 11.5. The second-order valence-electron chi connectivity index (χ2n) is 11.5. The molecule has 2 fully saturated rings. The van der Waals surface area contributed by atoms with Crippen molar-refractivity contribution in [2.75, 3.05) is 10.2 Å². The summed E-state index contributed by atoms with van der Waals surface area (Å²) in [7, 11) is 0. The zero-order valence-electron chi connectivity index (χ0n) is 20.2. The van der Waals surface area contributed by atoms with Crippen molar-refractivity contribution in [3.05, 3.63) is 34.8 Å². The Morgan fingerprint density at radius 3 is 2.53 bits per heavy atom. The van der Waals surface area contributed by atoms with E-state index < -0.39 is 11.7 Å². The molecule has 1 aromatic rings. The monoisotopic (exact) mass is 469 g/mol. The first kappa shape index (κ1) is 23.3. The fourth-order valence-corrected chi connectivity index (χ4v) is 6.78. The number of Topliss-reactive ketones (excluding diaryl/α,β-unsaturated/α-hetero) is 1. The fraction of sp³-hybridized carbons (Fsp3) is 0.630. The van der Waals surface area contributed by atoms with Crippen molar-refractivity contribution < 1.29 is 19.1 Å². The maximum atomic E-state index is 15.4. The van der Waals surface area contributed by atoms with Gasteiger partial charge < -0.3 is 21.1 Å². The molecule has 1 aromatic carbocycles. The van der Waals surface area contributed by atoms with E-state index in [1.807, 2.05) is 6.07 Å². The first-order valence-electron chi connectivity index (χ1n) is 12.8. The van der Waals surface area contributed by atoms with Crippen LogP contribution in [0.2, 0.25) is 0 Å². The summed E-state index contributed by atoms with van der Waals surface area (Å²) in [6.45, 7) is 4.24. The number of allylic oxidation sites excluding steroid dienone is 1. The van der Waals surface area contributed by atoms with E-state index in [2.05, 4.69) is 24.1 Å². The normalized spacial score (nSPS) is 30.7. The minimum Gasteiger partial charge on any atom is -0.393 e. The van der Waals surface area contributed by atoms with Crippen LogP contribution in [-0.2, 0) is 4.79 Å². The van der Waals surface area contributed by atoms with Crippen LogP contribution in [0.25, 0.3) is 0 Å². The Bertz CT molecular complexity index is 1040. The molecule has 2 saturated carbocycles. The van der Waals surface area contributed by atoms with E-state index in [0.717, 1.165) is 56.2 Å². The zero-order valence-corrected chi connectivity index (χ0v) is 20.2. The second kappa shape index (κ2) is 8.67. The number of nitrogens with one attached hydrogen (secondary N) is 1. The van der Waals surface area contributed by atoms with Crippen LogP contribution in [0.15, 0.2) is 23.4 Å². The number of benzene rings is 1. The Balaban J connectivity index is 1.57. The van der Waals surface area contributed by atoms with Gasteiger partial charge in [-0.05, 0) is 62.5 Å². The third-order valence-corrected chi connectivity index (χ3v) is 8.28. The van der Waals surface area contributed by atoms with Crippen molar-refractivity contribution in [3.8, 4) is 0 Å². The van der Waals surface area contributed by atoms with Crippen molar-refractivity contribution >= 4 is 23.1 Å². The summed E-state index contributed by atoms with van der Waals surface area (Å²) < 4.78 is 15.4. The average molecular weight is 470 g/mol. The lowest BCUT2D eigenvalue weighted by molar-refractivity contribution is -0.118. The topological polar surface area (TPSA) is 95.7 Å². The number of hydrogen-bond acceptors (Lipinski definition) is 5. The van der Waals surface area contributed by atoms with Crippen molar-refractivity contribution in [2.45, 2.75) is 96.2 Å². The number of hydrogen-bond donors (Lipinski definition) is 3. The van der Waals surface area contributed by atoms with Gasteiger partial charge in [-0.15, -0.1) is 0 Å². The number of primary amides is 1. The van der Waals surface area contributed by atoms with E-state index in [9.17, 15) is 14.7 Å². The predicted molar refractivity (Wildman–Crippen MR) is 130 cm³/mol. The average Bonchev–Trinajstić information content (AvgIpc) is 3.07. The number of aliphatic hydroxyl groups excluding tert-OH is 1. The molecule has 6 nitrogen and oxygen atoms in total. The highest BCUT2D eigenvalue weighted by molar-refractivity contribution is 6.01. The Morgan fingerprint density at radius 2 is 1.82 bits per heavy atom. The maximum absolute atomic E-state index is 15.4. The summed E-state index contributed by atoms with van der Waals surface area (Å²) in [5, 5.41) is 13.2. The molecule has 34 heavy (non-hydrogen) atoms. The molecule has 0 bridgehead atoms. The van der Waals surface area contributed by atoms with Gasteiger partial charge in [0.2, 0.25) is 0 Å². The number of halogens is 1. The molecule has 0 spiro atoms. The molecule has 1 aliphatic heterocycles. The van der Waals surface area contributed by atoms with E-state index in [1.165, 1.54) is 6.07 Å². The molecule has 0 radical (unpaired) electrons. The minimum absolute atomic E-state index is 0.0436. The highest BCUT2D eigenvalue weighted by atomic mass is 19.1. The summed E-state index contributed by atoms with van der Waals surface area (Å²) >= 11 is 0. The van der Waals surface area contributed by atoms with Crippen molar-refractivity contribution in [1.82, 2.24) is 0 Å². The van der Waals surface area contributed by atoms with Crippen LogP contribution < -0.4 is 16.0 Å². The minimum atomic E-state index is -0.798. The van der Waals surface area contributed by atoms with Gasteiger partial charge in [0.05, 0.1) is 17.4 Å². The molecule has 2 atom stereocenters. The van der Waals surface area contributed by atoms with Crippen LogP contribution in [0.4, 0.5) is 15.8 Å². The SMILES string of the molecule is CC1(C)CC(=O)C2=C(C1)N(c1cc(F)c(C(N)=O)c(NC3CCC(O)CC3)c1)C1CCCCC21. The van der Waals surface area contributed by atoms with Gasteiger partial charge in [0.15, 0.2) is 5.78 Å². The number of carbonyl (C=O) groups excluding carboxylic acids is 2. The van der Waals surface area contributed by atoms with E-state index in [-0.39, 0.29) is 40.9 Å². The molecule has 0 aromatic heterocycles. The lowest BCUT2D eigenvalue weighted by atomic mass is 9.72. The van der Waals surface area contributed by atoms with E-state index >= 15 is 4.39 Å². The van der Waals surface area contributed by atoms with Gasteiger partial charge in [-0.3, -0.25) is 9.59 Å². The van der Waals surface area contributed by atoms with Crippen LogP contribution >= 0.6 is 0 Å². The maximum Gasteiger partial charge on any atom is 0.253 e. The smallest absolute Gasteiger partial charge is 0.253 e. The van der Waals surface area contributed by atoms with Gasteiger partial charge in [-0.1, -0.05) is 26.7 Å². The molecular weight excluding hydrogens is 433 g/mol. The van der Waals surface area contributed by atoms with Crippen molar-refractivity contribution in [1.29, 1.82) is 0 Å². The number of amides is 1.